The molecule has 0 spiro atoms. The summed E-state index contributed by atoms with van der Waals surface area (Å²) >= 11 is 1.61. The van der Waals surface area contributed by atoms with Gasteiger partial charge in [-0.05, 0) is 6.92 Å². The standard InChI is InChI=1S/C12H14N6OS/c1-7-16-9(5-20-7)3-11-17-12(19-18-11)10(13)2-8-4-14-6-15-8/h4-6,10H,2-3,13H2,1H3,(H,14,15)/t10-/m1/s1. The van der Waals surface area contributed by atoms with Crippen molar-refractivity contribution in [2.75, 3.05) is 0 Å². The number of aromatic amines is 1. The zero-order valence-electron chi connectivity index (χ0n) is 10.9. The zero-order chi connectivity index (χ0) is 13.9. The summed E-state index contributed by atoms with van der Waals surface area (Å²) in [4.78, 5) is 15.6. The first-order valence-corrected chi connectivity index (χ1v) is 7.05. The third kappa shape index (κ3) is 2.91. The van der Waals surface area contributed by atoms with Gasteiger partial charge in [0.1, 0.15) is 0 Å². The normalized spacial score (nSPS) is 12.7. The molecule has 20 heavy (non-hydrogen) atoms. The topological polar surface area (TPSA) is 107 Å². The highest BCUT2D eigenvalue weighted by molar-refractivity contribution is 7.09. The predicted octanol–water partition coefficient (Wildman–Crippen LogP) is 1.39. The van der Waals surface area contributed by atoms with Gasteiger partial charge in [0, 0.05) is 23.7 Å². The van der Waals surface area contributed by atoms with E-state index in [-0.39, 0.29) is 6.04 Å². The molecule has 8 heteroatoms. The Labute approximate surface area is 119 Å². The van der Waals surface area contributed by atoms with Crippen molar-refractivity contribution in [3.8, 4) is 0 Å². The van der Waals surface area contributed by atoms with Crippen molar-refractivity contribution in [1.29, 1.82) is 0 Å². The molecule has 0 aliphatic rings. The smallest absolute Gasteiger partial charge is 0.243 e. The molecule has 0 saturated heterocycles. The molecule has 0 bridgehead atoms. The Bertz CT molecular complexity index is 674. The van der Waals surface area contributed by atoms with E-state index in [2.05, 4.69) is 25.1 Å². The van der Waals surface area contributed by atoms with Crippen molar-refractivity contribution in [3.05, 3.63) is 46.0 Å². The van der Waals surface area contributed by atoms with Gasteiger partial charge in [-0.25, -0.2) is 9.97 Å². The number of imidazole rings is 1. The molecule has 3 aromatic heterocycles. The lowest BCUT2D eigenvalue weighted by molar-refractivity contribution is 0.350. The number of H-pyrrole nitrogens is 1. The Morgan fingerprint density at radius 2 is 2.35 bits per heavy atom. The van der Waals surface area contributed by atoms with Crippen molar-refractivity contribution in [1.82, 2.24) is 25.1 Å². The number of aromatic nitrogens is 5. The second kappa shape index (κ2) is 5.51. The number of nitrogens with two attached hydrogens (primary N) is 1. The van der Waals surface area contributed by atoms with Crippen molar-refractivity contribution in [3.63, 3.8) is 0 Å². The van der Waals surface area contributed by atoms with Gasteiger partial charge in [0.15, 0.2) is 5.82 Å². The molecule has 3 N–H and O–H groups in total. The van der Waals surface area contributed by atoms with Gasteiger partial charge in [-0.3, -0.25) is 0 Å². The summed E-state index contributed by atoms with van der Waals surface area (Å²) in [5.41, 5.74) is 7.92. The molecule has 0 fully saturated rings. The van der Waals surface area contributed by atoms with E-state index >= 15 is 0 Å². The summed E-state index contributed by atoms with van der Waals surface area (Å²) in [6, 6.07) is -0.339. The van der Waals surface area contributed by atoms with Crippen LogP contribution in [0.3, 0.4) is 0 Å². The maximum atomic E-state index is 6.04. The third-order valence-electron chi connectivity index (χ3n) is 2.80. The summed E-state index contributed by atoms with van der Waals surface area (Å²) in [5.74, 6) is 1.03. The van der Waals surface area contributed by atoms with E-state index in [1.54, 1.807) is 23.9 Å². The molecule has 3 heterocycles. The molecule has 3 aromatic rings. The highest BCUT2D eigenvalue weighted by atomic mass is 32.1. The van der Waals surface area contributed by atoms with Gasteiger partial charge < -0.3 is 15.2 Å². The van der Waals surface area contributed by atoms with Crippen LogP contribution in [0.15, 0.2) is 22.4 Å². The fourth-order valence-electron chi connectivity index (χ4n) is 1.86. The second-order valence-electron chi connectivity index (χ2n) is 4.47. The van der Waals surface area contributed by atoms with Gasteiger partial charge in [0.2, 0.25) is 5.89 Å². The molecule has 0 amide bonds. The Balaban J connectivity index is 1.66. The van der Waals surface area contributed by atoms with Crippen LogP contribution in [0.2, 0.25) is 0 Å². The van der Waals surface area contributed by atoms with Gasteiger partial charge in [0.05, 0.1) is 29.5 Å². The maximum Gasteiger partial charge on any atom is 0.243 e. The van der Waals surface area contributed by atoms with E-state index in [0.29, 0.717) is 24.6 Å². The van der Waals surface area contributed by atoms with Crippen LogP contribution in [0.4, 0.5) is 0 Å². The lowest BCUT2D eigenvalue weighted by Gasteiger charge is -2.03. The van der Waals surface area contributed by atoms with Crippen LogP contribution in [0.25, 0.3) is 0 Å². The van der Waals surface area contributed by atoms with E-state index in [0.717, 1.165) is 16.4 Å². The van der Waals surface area contributed by atoms with Crippen molar-refractivity contribution in [2.24, 2.45) is 5.73 Å². The summed E-state index contributed by atoms with van der Waals surface area (Å²) < 4.78 is 5.21. The Kier molecular flexibility index (Phi) is 3.57. The van der Waals surface area contributed by atoms with Crippen LogP contribution in [0, 0.1) is 6.92 Å². The molecule has 7 nitrogen and oxygen atoms in total. The fraction of sp³-hybridized carbons (Fsp3) is 0.333. The highest BCUT2D eigenvalue weighted by Gasteiger charge is 2.16. The fourth-order valence-corrected chi connectivity index (χ4v) is 2.47. The molecule has 0 aliphatic carbocycles. The van der Waals surface area contributed by atoms with E-state index in [4.69, 9.17) is 10.3 Å². The monoisotopic (exact) mass is 290 g/mol. The molecule has 3 rings (SSSR count). The number of aryl methyl sites for hydroxylation is 1. The van der Waals surface area contributed by atoms with Gasteiger partial charge in [-0.15, -0.1) is 11.3 Å². The molecule has 0 saturated carbocycles. The number of rotatable bonds is 5. The lowest BCUT2D eigenvalue weighted by atomic mass is 10.2. The van der Waals surface area contributed by atoms with Gasteiger partial charge in [0.25, 0.3) is 0 Å². The van der Waals surface area contributed by atoms with E-state index in [1.165, 1.54) is 0 Å². The molecule has 0 aromatic carbocycles. The number of thiazole rings is 1. The largest absolute Gasteiger partial charge is 0.348 e. The first-order chi connectivity index (χ1) is 9.70. The quantitative estimate of drug-likeness (QED) is 0.735. The van der Waals surface area contributed by atoms with Crippen molar-refractivity contribution >= 4 is 11.3 Å². The minimum absolute atomic E-state index is 0.339. The molecule has 104 valence electrons. The SMILES string of the molecule is Cc1nc(Cc2noc([C@H](N)Cc3cnc[nH]3)n2)cs1. The zero-order valence-corrected chi connectivity index (χ0v) is 11.7. The molecule has 0 radical (unpaired) electrons. The van der Waals surface area contributed by atoms with Crippen LogP contribution in [-0.2, 0) is 12.8 Å². The van der Waals surface area contributed by atoms with Crippen molar-refractivity contribution < 1.29 is 4.52 Å². The average molecular weight is 290 g/mol. The number of hydrogen-bond donors (Lipinski definition) is 2. The van der Waals surface area contributed by atoms with Crippen LogP contribution in [-0.4, -0.2) is 25.1 Å². The Morgan fingerprint density at radius 3 is 3.05 bits per heavy atom. The van der Waals surface area contributed by atoms with Crippen LogP contribution in [0.1, 0.15) is 34.2 Å². The van der Waals surface area contributed by atoms with Crippen LogP contribution >= 0.6 is 11.3 Å². The lowest BCUT2D eigenvalue weighted by Crippen LogP contribution is -2.14. The van der Waals surface area contributed by atoms with E-state index in [9.17, 15) is 0 Å². The number of nitrogens with zero attached hydrogens (tertiary/aromatic N) is 4. The summed E-state index contributed by atoms with van der Waals surface area (Å²) in [6.07, 6.45) is 4.49. The summed E-state index contributed by atoms with van der Waals surface area (Å²) in [7, 11) is 0. The second-order valence-corrected chi connectivity index (χ2v) is 5.53. The van der Waals surface area contributed by atoms with Gasteiger partial charge in [-0.1, -0.05) is 5.16 Å². The third-order valence-corrected chi connectivity index (χ3v) is 3.62. The Morgan fingerprint density at radius 1 is 1.45 bits per heavy atom. The Hall–Kier alpha value is -2.06. The minimum atomic E-state index is -0.339. The average Bonchev–Trinajstić information content (AvgIpc) is 3.12. The van der Waals surface area contributed by atoms with Crippen LogP contribution < -0.4 is 5.73 Å². The summed E-state index contributed by atoms with van der Waals surface area (Å²) in [6.45, 7) is 1.97. The molecule has 0 unspecified atom stereocenters. The van der Waals surface area contributed by atoms with Gasteiger partial charge >= 0.3 is 0 Å². The van der Waals surface area contributed by atoms with Gasteiger partial charge in [-0.2, -0.15) is 4.98 Å². The molecular weight excluding hydrogens is 276 g/mol. The highest BCUT2D eigenvalue weighted by Crippen LogP contribution is 2.15. The molecule has 1 atom stereocenters. The maximum absolute atomic E-state index is 6.04. The first-order valence-electron chi connectivity index (χ1n) is 6.17. The summed E-state index contributed by atoms with van der Waals surface area (Å²) in [5, 5.41) is 6.97. The predicted molar refractivity (Wildman–Crippen MR) is 73.2 cm³/mol. The van der Waals surface area contributed by atoms with Crippen molar-refractivity contribution in [2.45, 2.75) is 25.8 Å². The number of nitrogens with one attached hydrogen (secondary N) is 1. The molecular formula is C12H14N6OS. The molecule has 0 aliphatic heterocycles. The van der Waals surface area contributed by atoms with E-state index in [1.807, 2.05) is 12.3 Å². The first kappa shape index (κ1) is 12.9. The van der Waals surface area contributed by atoms with E-state index < -0.39 is 0 Å². The van der Waals surface area contributed by atoms with Crippen LogP contribution in [0.5, 0.6) is 0 Å². The number of hydrogen-bond acceptors (Lipinski definition) is 7. The minimum Gasteiger partial charge on any atom is -0.348 e.